The zero-order valence-electron chi connectivity index (χ0n) is 15.7. The molecule has 0 bridgehead atoms. The lowest BCUT2D eigenvalue weighted by atomic mass is 10.2. The van der Waals surface area contributed by atoms with E-state index in [9.17, 15) is 4.79 Å². The number of amides is 1. The first kappa shape index (κ1) is 18.0. The Labute approximate surface area is 165 Å². The quantitative estimate of drug-likeness (QED) is 0.696. The number of benzene rings is 2. The van der Waals surface area contributed by atoms with Crippen molar-refractivity contribution < 1.29 is 9.53 Å². The van der Waals surface area contributed by atoms with E-state index in [1.807, 2.05) is 42.6 Å². The minimum atomic E-state index is -0.106. The topological polar surface area (TPSA) is 54.5 Å². The van der Waals surface area contributed by atoms with Gasteiger partial charge in [-0.15, -0.1) is 0 Å². The number of anilines is 1. The van der Waals surface area contributed by atoms with Crippen molar-refractivity contribution in [3.05, 3.63) is 84.1 Å². The molecule has 1 aromatic heterocycles. The van der Waals surface area contributed by atoms with Gasteiger partial charge in [-0.05, 0) is 66.9 Å². The molecular weight excluding hydrogens is 350 g/mol. The number of hydrogen-bond donors (Lipinski definition) is 1. The lowest BCUT2D eigenvalue weighted by Crippen LogP contribution is -2.23. The molecule has 5 heteroatoms. The maximum Gasteiger partial charge on any atom is 0.251 e. The number of pyridine rings is 1. The summed E-state index contributed by atoms with van der Waals surface area (Å²) in [5.41, 5.74) is 1.66. The molecule has 1 aliphatic rings. The summed E-state index contributed by atoms with van der Waals surface area (Å²) in [4.78, 5) is 19.2. The SMILES string of the molecule is O=C(NCc1ccnc(N2CCCC2)c1)c1ccc(Oc2ccccc2)cc1. The number of hydrogen-bond acceptors (Lipinski definition) is 4. The fourth-order valence-corrected chi connectivity index (χ4v) is 3.27. The van der Waals surface area contributed by atoms with Crippen molar-refractivity contribution in [1.82, 2.24) is 10.3 Å². The zero-order valence-corrected chi connectivity index (χ0v) is 15.7. The molecule has 0 saturated carbocycles. The Hall–Kier alpha value is -3.34. The van der Waals surface area contributed by atoms with Gasteiger partial charge in [0.2, 0.25) is 0 Å². The fraction of sp³-hybridized carbons (Fsp3) is 0.217. The molecule has 5 nitrogen and oxygen atoms in total. The second-order valence-electron chi connectivity index (χ2n) is 6.84. The summed E-state index contributed by atoms with van der Waals surface area (Å²) in [6, 6.07) is 20.7. The molecule has 1 N–H and O–H groups in total. The molecule has 1 saturated heterocycles. The Kier molecular flexibility index (Phi) is 5.52. The first-order valence-electron chi connectivity index (χ1n) is 9.59. The largest absolute Gasteiger partial charge is 0.457 e. The van der Waals surface area contributed by atoms with Crippen molar-refractivity contribution >= 4 is 11.7 Å². The van der Waals surface area contributed by atoms with E-state index in [0.29, 0.717) is 17.9 Å². The van der Waals surface area contributed by atoms with E-state index in [2.05, 4.69) is 21.3 Å². The van der Waals surface area contributed by atoms with Gasteiger partial charge in [0.1, 0.15) is 17.3 Å². The van der Waals surface area contributed by atoms with Crippen molar-refractivity contribution in [2.75, 3.05) is 18.0 Å². The van der Waals surface area contributed by atoms with Crippen molar-refractivity contribution in [2.45, 2.75) is 19.4 Å². The van der Waals surface area contributed by atoms with Gasteiger partial charge < -0.3 is 15.0 Å². The number of rotatable bonds is 6. The normalized spacial score (nSPS) is 13.4. The molecule has 2 aromatic carbocycles. The third kappa shape index (κ3) is 4.49. The highest BCUT2D eigenvalue weighted by molar-refractivity contribution is 5.94. The Balaban J connectivity index is 1.34. The molecule has 1 amide bonds. The van der Waals surface area contributed by atoms with Crippen molar-refractivity contribution in [2.24, 2.45) is 0 Å². The molecule has 28 heavy (non-hydrogen) atoms. The summed E-state index contributed by atoms with van der Waals surface area (Å²) < 4.78 is 5.76. The van der Waals surface area contributed by atoms with Gasteiger partial charge in [0, 0.05) is 31.4 Å². The second kappa shape index (κ2) is 8.57. The molecule has 1 fully saturated rings. The van der Waals surface area contributed by atoms with Gasteiger partial charge in [0.15, 0.2) is 0 Å². The predicted molar refractivity (Wildman–Crippen MR) is 110 cm³/mol. The van der Waals surface area contributed by atoms with Gasteiger partial charge in [-0.3, -0.25) is 4.79 Å². The van der Waals surface area contributed by atoms with Crippen LogP contribution in [0.5, 0.6) is 11.5 Å². The number of para-hydroxylation sites is 1. The summed E-state index contributed by atoms with van der Waals surface area (Å²) >= 11 is 0. The number of ether oxygens (including phenoxy) is 1. The highest BCUT2D eigenvalue weighted by atomic mass is 16.5. The van der Waals surface area contributed by atoms with Crippen LogP contribution in [0.4, 0.5) is 5.82 Å². The summed E-state index contributed by atoms with van der Waals surface area (Å²) in [7, 11) is 0. The van der Waals surface area contributed by atoms with Gasteiger partial charge in [0.05, 0.1) is 0 Å². The Morgan fingerprint density at radius 1 is 0.964 bits per heavy atom. The molecule has 0 spiro atoms. The number of nitrogens with one attached hydrogen (secondary N) is 1. The molecule has 0 unspecified atom stereocenters. The number of carbonyl (C=O) groups excluding carboxylic acids is 1. The van der Waals surface area contributed by atoms with Crippen LogP contribution in [0.25, 0.3) is 0 Å². The summed E-state index contributed by atoms with van der Waals surface area (Å²) in [6.07, 6.45) is 4.24. The van der Waals surface area contributed by atoms with Crippen LogP contribution in [-0.4, -0.2) is 24.0 Å². The highest BCUT2D eigenvalue weighted by Gasteiger charge is 2.14. The zero-order chi connectivity index (χ0) is 19.2. The average molecular weight is 373 g/mol. The lowest BCUT2D eigenvalue weighted by molar-refractivity contribution is 0.0951. The average Bonchev–Trinajstić information content (AvgIpc) is 3.29. The van der Waals surface area contributed by atoms with E-state index >= 15 is 0 Å². The first-order valence-corrected chi connectivity index (χ1v) is 9.59. The molecule has 4 rings (SSSR count). The smallest absolute Gasteiger partial charge is 0.251 e. The van der Waals surface area contributed by atoms with Gasteiger partial charge in [-0.25, -0.2) is 4.98 Å². The summed E-state index contributed by atoms with van der Waals surface area (Å²) in [5, 5.41) is 2.98. The molecule has 3 aromatic rings. The maximum absolute atomic E-state index is 12.5. The number of nitrogens with zero attached hydrogens (tertiary/aromatic N) is 2. The first-order chi connectivity index (χ1) is 13.8. The van der Waals surface area contributed by atoms with E-state index < -0.39 is 0 Å². The van der Waals surface area contributed by atoms with Crippen molar-refractivity contribution in [3.8, 4) is 11.5 Å². The fourth-order valence-electron chi connectivity index (χ4n) is 3.27. The van der Waals surface area contributed by atoms with E-state index in [4.69, 9.17) is 4.74 Å². The van der Waals surface area contributed by atoms with Gasteiger partial charge in [0.25, 0.3) is 5.91 Å². The van der Waals surface area contributed by atoms with Crippen molar-refractivity contribution in [3.63, 3.8) is 0 Å². The van der Waals surface area contributed by atoms with Gasteiger partial charge >= 0.3 is 0 Å². The van der Waals surface area contributed by atoms with E-state index in [1.54, 1.807) is 24.3 Å². The van der Waals surface area contributed by atoms with E-state index in [-0.39, 0.29) is 5.91 Å². The van der Waals surface area contributed by atoms with Crippen LogP contribution in [0.15, 0.2) is 72.9 Å². The highest BCUT2D eigenvalue weighted by Crippen LogP contribution is 2.21. The Morgan fingerprint density at radius 2 is 1.68 bits per heavy atom. The Bertz CT molecular complexity index is 920. The second-order valence-corrected chi connectivity index (χ2v) is 6.84. The number of carbonyl (C=O) groups is 1. The third-order valence-electron chi connectivity index (χ3n) is 4.79. The molecule has 142 valence electrons. The van der Waals surface area contributed by atoms with Crippen LogP contribution in [0.3, 0.4) is 0 Å². The van der Waals surface area contributed by atoms with Crippen molar-refractivity contribution in [1.29, 1.82) is 0 Å². The molecular formula is C23H23N3O2. The van der Waals surface area contributed by atoms with Gasteiger partial charge in [-0.2, -0.15) is 0 Å². The Morgan fingerprint density at radius 3 is 2.43 bits per heavy atom. The molecule has 0 radical (unpaired) electrons. The predicted octanol–water partition coefficient (Wildman–Crippen LogP) is 4.40. The lowest BCUT2D eigenvalue weighted by Gasteiger charge is -2.17. The monoisotopic (exact) mass is 373 g/mol. The standard InChI is InChI=1S/C23H23N3O2/c27-23(19-8-10-21(11-9-19)28-20-6-2-1-3-7-20)25-17-18-12-13-24-22(16-18)26-14-4-5-15-26/h1-3,6-13,16H,4-5,14-15,17H2,(H,25,27). The van der Waals surface area contributed by atoms with Crippen LogP contribution < -0.4 is 15.0 Å². The minimum Gasteiger partial charge on any atom is -0.457 e. The van der Waals surface area contributed by atoms with E-state index in [0.717, 1.165) is 30.2 Å². The number of aromatic nitrogens is 1. The van der Waals surface area contributed by atoms with Crippen LogP contribution in [0, 0.1) is 0 Å². The van der Waals surface area contributed by atoms with Crippen LogP contribution in [0.1, 0.15) is 28.8 Å². The molecule has 0 atom stereocenters. The van der Waals surface area contributed by atoms with Crippen LogP contribution >= 0.6 is 0 Å². The molecule has 0 aliphatic carbocycles. The van der Waals surface area contributed by atoms with E-state index in [1.165, 1.54) is 12.8 Å². The van der Waals surface area contributed by atoms with Gasteiger partial charge in [-0.1, -0.05) is 18.2 Å². The third-order valence-corrected chi connectivity index (χ3v) is 4.79. The summed E-state index contributed by atoms with van der Waals surface area (Å²) in [5.74, 6) is 2.36. The van der Waals surface area contributed by atoms with Crippen LogP contribution in [-0.2, 0) is 6.54 Å². The minimum absolute atomic E-state index is 0.106. The van der Waals surface area contributed by atoms with Crippen LogP contribution in [0.2, 0.25) is 0 Å². The molecule has 1 aliphatic heterocycles. The maximum atomic E-state index is 12.5. The molecule has 2 heterocycles. The summed E-state index contributed by atoms with van der Waals surface area (Å²) in [6.45, 7) is 2.59.